The molecule has 2 unspecified atom stereocenters. The van der Waals surface area contributed by atoms with Crippen molar-refractivity contribution in [1.82, 2.24) is 40.1 Å². The van der Waals surface area contributed by atoms with Gasteiger partial charge in [0, 0.05) is 23.4 Å². The third-order valence-electron chi connectivity index (χ3n) is 6.59. The summed E-state index contributed by atoms with van der Waals surface area (Å²) in [6, 6.07) is 9.22. The van der Waals surface area contributed by atoms with Crippen LogP contribution in [0.1, 0.15) is 24.8 Å². The van der Waals surface area contributed by atoms with Crippen molar-refractivity contribution in [3.8, 4) is 11.4 Å². The van der Waals surface area contributed by atoms with E-state index in [1.165, 1.54) is 27.9 Å². The SMILES string of the molecule is O=C(Nc1ccc(-n2nccn2)cc1)C1CCC2CC(c3c(-n4cnnn4)ccc(Cl)c3F)=CC(=O)N21. The Morgan fingerprint density at radius 1 is 1.08 bits per heavy atom. The van der Waals surface area contributed by atoms with Crippen LogP contribution in [0.15, 0.2) is 61.2 Å². The van der Waals surface area contributed by atoms with Crippen molar-refractivity contribution in [2.75, 3.05) is 5.32 Å². The lowest BCUT2D eigenvalue weighted by Gasteiger charge is -2.33. The van der Waals surface area contributed by atoms with Crippen molar-refractivity contribution >= 4 is 34.7 Å². The van der Waals surface area contributed by atoms with Gasteiger partial charge in [0.1, 0.15) is 12.4 Å². The van der Waals surface area contributed by atoms with Gasteiger partial charge in [0.25, 0.3) is 0 Å². The molecule has 37 heavy (non-hydrogen) atoms. The summed E-state index contributed by atoms with van der Waals surface area (Å²) >= 11 is 6.07. The van der Waals surface area contributed by atoms with Crippen molar-refractivity contribution < 1.29 is 14.0 Å². The number of carbonyl (C=O) groups excluding carboxylic acids is 2. The minimum absolute atomic E-state index is 0.0689. The number of amides is 2. The van der Waals surface area contributed by atoms with E-state index in [0.29, 0.717) is 36.2 Å². The molecule has 0 saturated carbocycles. The molecule has 2 aliphatic rings. The van der Waals surface area contributed by atoms with Gasteiger partial charge in [-0.05, 0) is 71.7 Å². The molecular formula is C24H19ClFN9O2. The second-order valence-electron chi connectivity index (χ2n) is 8.73. The summed E-state index contributed by atoms with van der Waals surface area (Å²) in [6.07, 6.45) is 7.34. The van der Waals surface area contributed by atoms with Crippen LogP contribution in [-0.2, 0) is 9.59 Å². The number of nitrogens with one attached hydrogen (secondary N) is 1. The number of aromatic nitrogens is 7. The molecule has 0 radical (unpaired) electrons. The van der Waals surface area contributed by atoms with E-state index in [2.05, 4.69) is 31.0 Å². The summed E-state index contributed by atoms with van der Waals surface area (Å²) < 4.78 is 16.5. The molecule has 2 atom stereocenters. The molecule has 0 bridgehead atoms. The Labute approximate surface area is 214 Å². The Morgan fingerprint density at radius 3 is 2.59 bits per heavy atom. The molecule has 2 aliphatic heterocycles. The Morgan fingerprint density at radius 2 is 1.86 bits per heavy atom. The molecule has 13 heteroatoms. The van der Waals surface area contributed by atoms with Gasteiger partial charge in [-0.3, -0.25) is 9.59 Å². The third kappa shape index (κ3) is 4.14. The first kappa shape index (κ1) is 23.0. The zero-order valence-electron chi connectivity index (χ0n) is 19.2. The van der Waals surface area contributed by atoms with E-state index in [-0.39, 0.29) is 28.4 Å². The maximum Gasteiger partial charge on any atom is 0.247 e. The molecule has 2 amide bonds. The average Bonchev–Trinajstić information content (AvgIpc) is 3.68. The normalized spacial score (nSPS) is 19.0. The van der Waals surface area contributed by atoms with Gasteiger partial charge in [0.2, 0.25) is 11.8 Å². The molecule has 2 aromatic carbocycles. The lowest BCUT2D eigenvalue weighted by Crippen LogP contribution is -2.48. The van der Waals surface area contributed by atoms with Crippen LogP contribution in [0.5, 0.6) is 0 Å². The summed E-state index contributed by atoms with van der Waals surface area (Å²) in [5.74, 6) is -1.28. The highest BCUT2D eigenvalue weighted by Gasteiger charge is 2.43. The van der Waals surface area contributed by atoms with Crippen LogP contribution in [0.25, 0.3) is 16.9 Å². The minimum Gasteiger partial charge on any atom is -0.324 e. The highest BCUT2D eigenvalue weighted by molar-refractivity contribution is 6.31. The van der Waals surface area contributed by atoms with Crippen molar-refractivity contribution in [3.05, 3.63) is 77.6 Å². The van der Waals surface area contributed by atoms with Gasteiger partial charge in [0.15, 0.2) is 5.82 Å². The molecule has 4 aromatic rings. The van der Waals surface area contributed by atoms with Crippen LogP contribution < -0.4 is 5.32 Å². The molecule has 1 fully saturated rings. The summed E-state index contributed by atoms with van der Waals surface area (Å²) in [5.41, 5.74) is 2.38. The van der Waals surface area contributed by atoms with E-state index in [0.717, 1.165) is 5.69 Å². The fourth-order valence-corrected chi connectivity index (χ4v) is 5.10. The fourth-order valence-electron chi connectivity index (χ4n) is 4.95. The number of hydrogen-bond acceptors (Lipinski definition) is 7. The molecule has 0 aliphatic carbocycles. The number of carbonyl (C=O) groups is 2. The number of halogens is 2. The van der Waals surface area contributed by atoms with E-state index < -0.39 is 11.9 Å². The highest BCUT2D eigenvalue weighted by atomic mass is 35.5. The van der Waals surface area contributed by atoms with Crippen LogP contribution in [0.3, 0.4) is 0 Å². The number of rotatable bonds is 5. The summed E-state index contributed by atoms with van der Waals surface area (Å²) in [4.78, 5) is 29.4. The first-order valence-electron chi connectivity index (χ1n) is 11.5. The van der Waals surface area contributed by atoms with Crippen molar-refractivity contribution in [2.24, 2.45) is 0 Å². The van der Waals surface area contributed by atoms with Crippen LogP contribution >= 0.6 is 11.6 Å². The summed E-state index contributed by atoms with van der Waals surface area (Å²) in [5, 5.41) is 22.1. The highest BCUT2D eigenvalue weighted by Crippen LogP contribution is 2.40. The van der Waals surface area contributed by atoms with Crippen LogP contribution in [-0.4, -0.2) is 64.0 Å². The molecule has 186 valence electrons. The van der Waals surface area contributed by atoms with Gasteiger partial charge < -0.3 is 10.2 Å². The van der Waals surface area contributed by atoms with E-state index in [9.17, 15) is 9.59 Å². The molecular weight excluding hydrogens is 501 g/mol. The molecule has 0 spiro atoms. The molecule has 1 N–H and O–H groups in total. The predicted octanol–water partition coefficient (Wildman–Crippen LogP) is 2.82. The Kier molecular flexibility index (Phi) is 5.72. The van der Waals surface area contributed by atoms with E-state index in [4.69, 9.17) is 11.6 Å². The van der Waals surface area contributed by atoms with Crippen molar-refractivity contribution in [2.45, 2.75) is 31.3 Å². The number of benzene rings is 2. The second kappa shape index (κ2) is 9.21. The van der Waals surface area contributed by atoms with E-state index in [1.54, 1.807) is 47.6 Å². The number of nitrogens with zero attached hydrogens (tertiary/aromatic N) is 8. The van der Waals surface area contributed by atoms with Gasteiger partial charge >= 0.3 is 0 Å². The number of anilines is 1. The Balaban J connectivity index is 1.23. The Hall–Kier alpha value is -4.45. The topological polar surface area (TPSA) is 124 Å². The standard InChI is InChI=1S/C24H19ClFN9O2/c25-18-6-8-19(33-13-27-31-32-33)22(23(18)26)14-11-17-5-7-20(34(17)21(36)12-14)24(37)30-15-1-3-16(4-2-15)35-28-9-10-29-35/h1-4,6,8-10,12-13,17,20H,5,7,11H2,(H,30,37). The second-order valence-corrected chi connectivity index (χ2v) is 9.14. The fraction of sp³-hybridized carbons (Fsp3) is 0.208. The third-order valence-corrected chi connectivity index (χ3v) is 6.88. The lowest BCUT2D eigenvalue weighted by molar-refractivity contribution is -0.135. The number of tetrazole rings is 1. The molecule has 11 nitrogen and oxygen atoms in total. The van der Waals surface area contributed by atoms with Crippen LogP contribution in [0.2, 0.25) is 5.02 Å². The minimum atomic E-state index is -0.650. The zero-order valence-corrected chi connectivity index (χ0v) is 20.0. The van der Waals surface area contributed by atoms with Gasteiger partial charge in [-0.15, -0.1) is 5.10 Å². The molecule has 4 heterocycles. The quantitative estimate of drug-likeness (QED) is 0.430. The number of fused-ring (bicyclic) bond motifs is 1. The first-order valence-corrected chi connectivity index (χ1v) is 11.9. The molecule has 1 saturated heterocycles. The van der Waals surface area contributed by atoms with Gasteiger partial charge in [-0.2, -0.15) is 19.7 Å². The zero-order chi connectivity index (χ0) is 25.5. The smallest absolute Gasteiger partial charge is 0.247 e. The summed E-state index contributed by atoms with van der Waals surface area (Å²) in [7, 11) is 0. The van der Waals surface area contributed by atoms with Gasteiger partial charge in [0.05, 0.1) is 28.8 Å². The number of hydrogen-bond donors (Lipinski definition) is 1. The van der Waals surface area contributed by atoms with Crippen molar-refractivity contribution in [3.63, 3.8) is 0 Å². The predicted molar refractivity (Wildman–Crippen MR) is 130 cm³/mol. The van der Waals surface area contributed by atoms with Crippen LogP contribution in [0, 0.1) is 5.82 Å². The van der Waals surface area contributed by atoms with Crippen molar-refractivity contribution in [1.29, 1.82) is 0 Å². The van der Waals surface area contributed by atoms with E-state index >= 15 is 4.39 Å². The largest absolute Gasteiger partial charge is 0.324 e. The molecule has 6 rings (SSSR count). The first-order chi connectivity index (χ1) is 18.0. The lowest BCUT2D eigenvalue weighted by atomic mass is 9.92. The van der Waals surface area contributed by atoms with Gasteiger partial charge in [-0.25, -0.2) is 4.39 Å². The van der Waals surface area contributed by atoms with E-state index in [1.807, 2.05) is 0 Å². The Bertz CT molecular complexity index is 1500. The molecule has 2 aromatic heterocycles. The maximum absolute atomic E-state index is 15.2. The van der Waals surface area contributed by atoms with Crippen LogP contribution in [0.4, 0.5) is 10.1 Å². The monoisotopic (exact) mass is 519 g/mol. The van der Waals surface area contributed by atoms with Gasteiger partial charge in [-0.1, -0.05) is 11.6 Å². The average molecular weight is 520 g/mol. The maximum atomic E-state index is 15.2. The summed E-state index contributed by atoms with van der Waals surface area (Å²) in [6.45, 7) is 0.